The monoisotopic (exact) mass is 1150 g/mol. The van der Waals surface area contributed by atoms with Gasteiger partial charge in [0.25, 0.3) is 0 Å². The molecule has 0 bridgehead atoms. The molecule has 480 valence electrons. The van der Waals surface area contributed by atoms with E-state index in [-0.39, 0.29) is 31.1 Å². The zero-order valence-corrected chi connectivity index (χ0v) is 55.3. The van der Waals surface area contributed by atoms with E-state index in [1.807, 2.05) is 0 Å². The first-order valence-electron chi connectivity index (χ1n) is 36.6. The SMILES string of the molecule is CC/C=C\C/C=C\C/C=C\C/C=C\CCCCCCCCCCCCCCCCC(=O)OCC(COC(=O)CCCCCCCCCCCCCCCCCCC)OC(=O)CCCCCCCCCCCCCCCCCCCCCC. The van der Waals surface area contributed by atoms with Crippen LogP contribution in [0.2, 0.25) is 0 Å². The van der Waals surface area contributed by atoms with Gasteiger partial charge in [-0.05, 0) is 57.8 Å². The fourth-order valence-corrected chi connectivity index (χ4v) is 11.1. The van der Waals surface area contributed by atoms with Crippen molar-refractivity contribution in [2.45, 2.75) is 406 Å². The highest BCUT2D eigenvalue weighted by Gasteiger charge is 2.19. The molecule has 0 heterocycles. The first-order chi connectivity index (χ1) is 40.5. The Bertz CT molecular complexity index is 1410. The summed E-state index contributed by atoms with van der Waals surface area (Å²) in [4.78, 5) is 38.5. The lowest BCUT2D eigenvalue weighted by atomic mass is 10.0. The Morgan fingerprint density at radius 1 is 0.256 bits per heavy atom. The molecule has 0 aliphatic heterocycles. The molecular formula is C76H140O6. The highest BCUT2D eigenvalue weighted by atomic mass is 16.6. The zero-order chi connectivity index (χ0) is 59.2. The Morgan fingerprint density at radius 3 is 0.744 bits per heavy atom. The van der Waals surface area contributed by atoms with Gasteiger partial charge >= 0.3 is 17.9 Å². The van der Waals surface area contributed by atoms with Crippen molar-refractivity contribution in [2.75, 3.05) is 13.2 Å². The summed E-state index contributed by atoms with van der Waals surface area (Å²) in [6, 6.07) is 0. The molecule has 6 nitrogen and oxygen atoms in total. The van der Waals surface area contributed by atoms with Crippen LogP contribution in [0, 0.1) is 0 Å². The van der Waals surface area contributed by atoms with Crippen LogP contribution in [0.4, 0.5) is 0 Å². The third-order valence-electron chi connectivity index (χ3n) is 16.6. The Kier molecular flexibility index (Phi) is 68.6. The predicted octanol–water partition coefficient (Wildman–Crippen LogP) is 25.3. The van der Waals surface area contributed by atoms with Gasteiger partial charge in [-0.2, -0.15) is 0 Å². The van der Waals surface area contributed by atoms with Crippen LogP contribution in [0.25, 0.3) is 0 Å². The number of allylic oxidation sites excluding steroid dienone is 8. The Labute approximate surface area is 511 Å². The summed E-state index contributed by atoms with van der Waals surface area (Å²) in [6.07, 6.45) is 90.0. The van der Waals surface area contributed by atoms with E-state index in [0.29, 0.717) is 19.3 Å². The fourth-order valence-electron chi connectivity index (χ4n) is 11.1. The molecule has 0 fully saturated rings. The molecule has 0 aromatic carbocycles. The number of rotatable bonds is 68. The molecule has 1 unspecified atom stereocenters. The van der Waals surface area contributed by atoms with E-state index < -0.39 is 6.10 Å². The number of hydrogen-bond donors (Lipinski definition) is 0. The van der Waals surface area contributed by atoms with Gasteiger partial charge in [-0.3, -0.25) is 14.4 Å². The van der Waals surface area contributed by atoms with Crippen LogP contribution < -0.4 is 0 Å². The average Bonchev–Trinajstić information content (AvgIpc) is 3.47. The molecule has 1 atom stereocenters. The Balaban J connectivity index is 4.26. The summed E-state index contributed by atoms with van der Waals surface area (Å²) in [5.74, 6) is -0.832. The van der Waals surface area contributed by atoms with Crippen LogP contribution in [-0.4, -0.2) is 37.2 Å². The standard InChI is InChI=1S/C76H140O6/c1-4-7-10-13-16-19-22-25-28-31-33-35-36-37-38-39-40-41-43-45-48-51-54-57-60-63-66-69-75(78)81-72-73(71-80-74(77)68-65-62-59-56-53-50-47-44-30-27-24-21-18-15-12-9-6-3)82-76(79)70-67-64-61-58-55-52-49-46-42-34-32-29-26-23-20-17-14-11-8-5-2/h7,10,16,19,25,28,33,35,73H,4-6,8-9,11-15,17-18,20-24,26-27,29-32,34,36-72H2,1-3H3/b10-7-,19-16-,28-25-,35-33-. The minimum Gasteiger partial charge on any atom is -0.462 e. The molecule has 0 rings (SSSR count). The smallest absolute Gasteiger partial charge is 0.306 e. The van der Waals surface area contributed by atoms with Gasteiger partial charge in [-0.15, -0.1) is 0 Å². The molecule has 0 aromatic heterocycles. The molecule has 0 aliphatic carbocycles. The van der Waals surface area contributed by atoms with E-state index in [2.05, 4.69) is 69.4 Å². The summed E-state index contributed by atoms with van der Waals surface area (Å²) in [5.41, 5.74) is 0. The summed E-state index contributed by atoms with van der Waals surface area (Å²) in [7, 11) is 0. The average molecular weight is 1150 g/mol. The van der Waals surface area contributed by atoms with E-state index in [9.17, 15) is 14.4 Å². The van der Waals surface area contributed by atoms with Crippen molar-refractivity contribution in [1.82, 2.24) is 0 Å². The molecule has 0 aliphatic rings. The number of unbranched alkanes of at least 4 members (excludes halogenated alkanes) is 49. The van der Waals surface area contributed by atoms with E-state index in [1.165, 1.54) is 276 Å². The van der Waals surface area contributed by atoms with Crippen LogP contribution in [0.5, 0.6) is 0 Å². The van der Waals surface area contributed by atoms with Crippen molar-refractivity contribution in [1.29, 1.82) is 0 Å². The van der Waals surface area contributed by atoms with Gasteiger partial charge < -0.3 is 14.2 Å². The maximum absolute atomic E-state index is 13.0. The van der Waals surface area contributed by atoms with Crippen molar-refractivity contribution < 1.29 is 28.6 Å². The van der Waals surface area contributed by atoms with Gasteiger partial charge in [0.2, 0.25) is 0 Å². The van der Waals surface area contributed by atoms with Gasteiger partial charge in [0.15, 0.2) is 6.10 Å². The number of carbonyl (C=O) groups excluding carboxylic acids is 3. The largest absolute Gasteiger partial charge is 0.462 e. The van der Waals surface area contributed by atoms with Gasteiger partial charge in [-0.1, -0.05) is 371 Å². The summed E-state index contributed by atoms with van der Waals surface area (Å²) in [5, 5.41) is 0. The molecule has 0 N–H and O–H groups in total. The molecule has 0 saturated heterocycles. The van der Waals surface area contributed by atoms with Crippen LogP contribution in [0.1, 0.15) is 400 Å². The Hall–Kier alpha value is -2.63. The van der Waals surface area contributed by atoms with Gasteiger partial charge in [0.05, 0.1) is 0 Å². The first kappa shape index (κ1) is 79.4. The summed E-state index contributed by atoms with van der Waals surface area (Å²) < 4.78 is 17.0. The fraction of sp³-hybridized carbons (Fsp3) is 0.855. The topological polar surface area (TPSA) is 78.9 Å². The summed E-state index contributed by atoms with van der Waals surface area (Å²) >= 11 is 0. The number of hydrogen-bond acceptors (Lipinski definition) is 6. The van der Waals surface area contributed by atoms with E-state index in [1.54, 1.807) is 0 Å². The third-order valence-corrected chi connectivity index (χ3v) is 16.6. The zero-order valence-electron chi connectivity index (χ0n) is 55.3. The molecule has 0 radical (unpaired) electrons. The van der Waals surface area contributed by atoms with Crippen LogP contribution in [0.3, 0.4) is 0 Å². The maximum atomic E-state index is 13.0. The molecular weight excluding hydrogens is 1010 g/mol. The quantitative estimate of drug-likeness (QED) is 0.0261. The normalized spacial score (nSPS) is 12.3. The molecule has 82 heavy (non-hydrogen) atoms. The predicted molar refractivity (Wildman–Crippen MR) is 358 cm³/mol. The minimum absolute atomic E-state index is 0.0656. The molecule has 0 saturated carbocycles. The molecule has 6 heteroatoms. The van der Waals surface area contributed by atoms with E-state index in [0.717, 1.165) is 83.5 Å². The van der Waals surface area contributed by atoms with E-state index in [4.69, 9.17) is 14.2 Å². The molecule has 0 aromatic rings. The number of ether oxygens (including phenoxy) is 3. The second kappa shape index (κ2) is 70.9. The second-order valence-electron chi connectivity index (χ2n) is 24.8. The van der Waals surface area contributed by atoms with Crippen molar-refractivity contribution >= 4 is 17.9 Å². The third kappa shape index (κ3) is 68.2. The van der Waals surface area contributed by atoms with Crippen molar-refractivity contribution in [3.05, 3.63) is 48.6 Å². The lowest BCUT2D eigenvalue weighted by molar-refractivity contribution is -0.167. The highest BCUT2D eigenvalue weighted by Crippen LogP contribution is 2.19. The lowest BCUT2D eigenvalue weighted by Gasteiger charge is -2.18. The minimum atomic E-state index is -0.770. The van der Waals surface area contributed by atoms with Crippen molar-refractivity contribution in [3.8, 4) is 0 Å². The van der Waals surface area contributed by atoms with Gasteiger partial charge in [0.1, 0.15) is 13.2 Å². The van der Waals surface area contributed by atoms with Gasteiger partial charge in [0, 0.05) is 19.3 Å². The molecule has 0 amide bonds. The number of esters is 3. The maximum Gasteiger partial charge on any atom is 0.306 e. The van der Waals surface area contributed by atoms with Crippen LogP contribution >= 0.6 is 0 Å². The highest BCUT2D eigenvalue weighted by molar-refractivity contribution is 5.71. The van der Waals surface area contributed by atoms with Crippen molar-refractivity contribution in [3.63, 3.8) is 0 Å². The lowest BCUT2D eigenvalue weighted by Crippen LogP contribution is -2.30. The first-order valence-corrected chi connectivity index (χ1v) is 36.6. The van der Waals surface area contributed by atoms with Crippen LogP contribution in [0.15, 0.2) is 48.6 Å². The number of carbonyl (C=O) groups is 3. The van der Waals surface area contributed by atoms with E-state index >= 15 is 0 Å². The van der Waals surface area contributed by atoms with Gasteiger partial charge in [-0.25, -0.2) is 0 Å². The second-order valence-corrected chi connectivity index (χ2v) is 24.8. The Morgan fingerprint density at radius 2 is 0.476 bits per heavy atom. The van der Waals surface area contributed by atoms with Crippen molar-refractivity contribution in [2.24, 2.45) is 0 Å². The van der Waals surface area contributed by atoms with Crippen LogP contribution in [-0.2, 0) is 28.6 Å². The summed E-state index contributed by atoms with van der Waals surface area (Å²) in [6.45, 7) is 6.62. The molecule has 0 spiro atoms.